The summed E-state index contributed by atoms with van der Waals surface area (Å²) in [7, 11) is 3.15. The van der Waals surface area contributed by atoms with Crippen LogP contribution in [0.3, 0.4) is 0 Å². The van der Waals surface area contributed by atoms with E-state index in [4.69, 9.17) is 14.2 Å². The summed E-state index contributed by atoms with van der Waals surface area (Å²) < 4.78 is 16.4. The maximum Gasteiger partial charge on any atom is 0.182 e. The Morgan fingerprint density at radius 3 is 2.56 bits per heavy atom. The molecule has 2 atom stereocenters. The van der Waals surface area contributed by atoms with Crippen LogP contribution >= 0.6 is 11.8 Å². The molecule has 0 aromatic heterocycles. The zero-order chi connectivity index (χ0) is 13.0. The predicted octanol–water partition coefficient (Wildman–Crippen LogP) is 1.66. The summed E-state index contributed by atoms with van der Waals surface area (Å²) >= 11 is 2.00. The normalized spacial score (nSPS) is 29.7. The second kappa shape index (κ2) is 6.57. The van der Waals surface area contributed by atoms with Crippen molar-refractivity contribution in [2.75, 3.05) is 32.3 Å². The van der Waals surface area contributed by atoms with E-state index in [0.717, 1.165) is 32.3 Å². The van der Waals surface area contributed by atoms with Crippen molar-refractivity contribution in [2.24, 2.45) is 5.92 Å². The monoisotopic (exact) mass is 276 g/mol. The van der Waals surface area contributed by atoms with Gasteiger partial charge >= 0.3 is 0 Å². The van der Waals surface area contributed by atoms with E-state index in [0.29, 0.717) is 0 Å². The zero-order valence-corrected chi connectivity index (χ0v) is 12.1. The van der Waals surface area contributed by atoms with E-state index in [1.54, 1.807) is 14.2 Å². The minimum atomic E-state index is -0.560. The number of thioether (sulfide) groups is 1. The van der Waals surface area contributed by atoms with Crippen LogP contribution in [0.1, 0.15) is 25.7 Å². The van der Waals surface area contributed by atoms with Gasteiger partial charge in [0.15, 0.2) is 6.29 Å². The molecule has 0 saturated carbocycles. The lowest BCUT2D eigenvalue weighted by atomic mass is 9.79. The van der Waals surface area contributed by atoms with E-state index in [9.17, 15) is 5.11 Å². The van der Waals surface area contributed by atoms with Crippen molar-refractivity contribution in [3.8, 4) is 0 Å². The molecule has 0 aromatic carbocycles. The molecule has 0 aromatic rings. The van der Waals surface area contributed by atoms with Gasteiger partial charge in [-0.25, -0.2) is 0 Å². The van der Waals surface area contributed by atoms with E-state index in [2.05, 4.69) is 0 Å². The van der Waals surface area contributed by atoms with Crippen LogP contribution in [0.4, 0.5) is 0 Å². The first-order valence-corrected chi connectivity index (χ1v) is 7.81. The molecule has 2 aliphatic heterocycles. The standard InChI is InChI=1S/C13H24O4S/c1-15-12(16-2)11(14)10-3-6-17-13(9-10)4-7-18-8-5-13/h10-12,14H,3-9H2,1-2H3. The summed E-state index contributed by atoms with van der Waals surface area (Å²) in [6, 6.07) is 0. The highest BCUT2D eigenvalue weighted by atomic mass is 32.2. The van der Waals surface area contributed by atoms with Crippen LogP contribution < -0.4 is 0 Å². The average Bonchev–Trinajstić information content (AvgIpc) is 2.41. The van der Waals surface area contributed by atoms with Gasteiger partial charge in [0.2, 0.25) is 0 Å². The molecule has 0 radical (unpaired) electrons. The van der Waals surface area contributed by atoms with E-state index < -0.39 is 12.4 Å². The van der Waals surface area contributed by atoms with Crippen LogP contribution in [-0.2, 0) is 14.2 Å². The van der Waals surface area contributed by atoms with Crippen molar-refractivity contribution < 1.29 is 19.3 Å². The van der Waals surface area contributed by atoms with Crippen LogP contribution in [0.15, 0.2) is 0 Å². The Kier molecular flexibility index (Phi) is 5.33. The second-order valence-electron chi connectivity index (χ2n) is 5.23. The minimum absolute atomic E-state index is 0.00117. The van der Waals surface area contributed by atoms with Crippen molar-refractivity contribution in [3.05, 3.63) is 0 Å². The van der Waals surface area contributed by atoms with Crippen LogP contribution in [0.5, 0.6) is 0 Å². The molecule has 0 amide bonds. The molecule has 1 N–H and O–H groups in total. The Morgan fingerprint density at radius 1 is 1.28 bits per heavy atom. The van der Waals surface area contributed by atoms with Gasteiger partial charge in [0.05, 0.1) is 5.60 Å². The van der Waals surface area contributed by atoms with E-state index in [1.165, 1.54) is 11.5 Å². The maximum atomic E-state index is 10.3. The van der Waals surface area contributed by atoms with Gasteiger partial charge in [0.25, 0.3) is 0 Å². The number of hydrogen-bond donors (Lipinski definition) is 1. The summed E-state index contributed by atoms with van der Waals surface area (Å²) in [5.74, 6) is 2.55. The van der Waals surface area contributed by atoms with Crippen molar-refractivity contribution in [1.29, 1.82) is 0 Å². The first-order chi connectivity index (χ1) is 8.71. The topological polar surface area (TPSA) is 47.9 Å². The third-order valence-electron chi connectivity index (χ3n) is 4.16. The Bertz CT molecular complexity index is 246. The third-order valence-corrected chi connectivity index (χ3v) is 5.15. The van der Waals surface area contributed by atoms with Crippen molar-refractivity contribution in [1.82, 2.24) is 0 Å². The number of aliphatic hydroxyl groups excluding tert-OH is 1. The lowest BCUT2D eigenvalue weighted by Crippen LogP contribution is -2.48. The lowest BCUT2D eigenvalue weighted by molar-refractivity contribution is -0.200. The smallest absolute Gasteiger partial charge is 0.182 e. The summed E-state index contributed by atoms with van der Waals surface area (Å²) in [6.07, 6.45) is 2.94. The molecule has 0 aliphatic carbocycles. The fourth-order valence-electron chi connectivity index (χ4n) is 3.05. The number of hydrogen-bond acceptors (Lipinski definition) is 5. The molecule has 2 rings (SSSR count). The Morgan fingerprint density at radius 2 is 1.94 bits per heavy atom. The Hall–Kier alpha value is 0.190. The highest BCUT2D eigenvalue weighted by Gasteiger charge is 2.42. The molecule has 1 spiro atoms. The third kappa shape index (κ3) is 3.20. The molecular formula is C13H24O4S. The van der Waals surface area contributed by atoms with Crippen molar-refractivity contribution >= 4 is 11.8 Å². The highest BCUT2D eigenvalue weighted by Crippen LogP contribution is 2.41. The van der Waals surface area contributed by atoms with E-state index in [1.807, 2.05) is 11.8 Å². The molecule has 5 heteroatoms. The van der Waals surface area contributed by atoms with Crippen molar-refractivity contribution in [2.45, 2.75) is 43.7 Å². The van der Waals surface area contributed by atoms with Crippen molar-refractivity contribution in [3.63, 3.8) is 0 Å². The van der Waals surface area contributed by atoms with Gasteiger partial charge in [0.1, 0.15) is 6.10 Å². The van der Waals surface area contributed by atoms with Gasteiger partial charge in [-0.2, -0.15) is 11.8 Å². The van der Waals surface area contributed by atoms with Gasteiger partial charge in [-0.3, -0.25) is 0 Å². The Labute approximate surface area is 113 Å². The number of methoxy groups -OCH3 is 2. The predicted molar refractivity (Wildman–Crippen MR) is 71.8 cm³/mol. The molecule has 2 aliphatic rings. The van der Waals surface area contributed by atoms with Gasteiger partial charge in [-0.05, 0) is 43.1 Å². The maximum absolute atomic E-state index is 10.3. The Balaban J connectivity index is 1.97. The fraction of sp³-hybridized carbons (Fsp3) is 1.00. The van der Waals surface area contributed by atoms with E-state index in [-0.39, 0.29) is 11.5 Å². The van der Waals surface area contributed by atoms with Crippen LogP contribution in [-0.4, -0.2) is 55.4 Å². The van der Waals surface area contributed by atoms with Gasteiger partial charge in [-0.15, -0.1) is 0 Å². The van der Waals surface area contributed by atoms with E-state index >= 15 is 0 Å². The molecule has 4 nitrogen and oxygen atoms in total. The zero-order valence-electron chi connectivity index (χ0n) is 11.3. The molecule has 2 saturated heterocycles. The quantitative estimate of drug-likeness (QED) is 0.791. The van der Waals surface area contributed by atoms with Gasteiger partial charge in [-0.1, -0.05) is 0 Å². The lowest BCUT2D eigenvalue weighted by Gasteiger charge is -2.45. The molecule has 106 valence electrons. The first-order valence-electron chi connectivity index (χ1n) is 6.66. The summed E-state index contributed by atoms with van der Waals surface area (Å²) in [5.41, 5.74) is 0.00117. The number of ether oxygens (including phenoxy) is 3. The SMILES string of the molecule is COC(OC)C(O)C1CCOC2(CCSCC2)C1. The summed E-state index contributed by atoms with van der Waals surface area (Å²) in [6.45, 7) is 0.743. The first kappa shape index (κ1) is 14.6. The minimum Gasteiger partial charge on any atom is -0.388 e. The van der Waals surface area contributed by atoms with Crippen LogP contribution in [0.25, 0.3) is 0 Å². The molecule has 2 heterocycles. The van der Waals surface area contributed by atoms with Crippen LogP contribution in [0.2, 0.25) is 0 Å². The van der Waals surface area contributed by atoms with Gasteiger partial charge in [0, 0.05) is 20.8 Å². The average molecular weight is 276 g/mol. The molecule has 2 unspecified atom stereocenters. The van der Waals surface area contributed by atoms with Gasteiger partial charge < -0.3 is 19.3 Å². The molecular weight excluding hydrogens is 252 g/mol. The fourth-order valence-corrected chi connectivity index (χ4v) is 4.28. The largest absolute Gasteiger partial charge is 0.388 e. The van der Waals surface area contributed by atoms with Crippen LogP contribution in [0, 0.1) is 5.92 Å². The molecule has 0 bridgehead atoms. The summed E-state index contributed by atoms with van der Waals surface area (Å²) in [5, 5.41) is 10.3. The highest BCUT2D eigenvalue weighted by molar-refractivity contribution is 7.99. The summed E-state index contributed by atoms with van der Waals surface area (Å²) in [4.78, 5) is 0. The number of aliphatic hydroxyl groups is 1. The molecule has 2 fully saturated rings. The second-order valence-corrected chi connectivity index (χ2v) is 6.45. The number of rotatable bonds is 4. The molecule has 18 heavy (non-hydrogen) atoms.